The van der Waals surface area contributed by atoms with Crippen molar-refractivity contribution in [1.29, 1.82) is 0 Å². The summed E-state index contributed by atoms with van der Waals surface area (Å²) in [4.78, 5) is 12.0. The van der Waals surface area contributed by atoms with Gasteiger partial charge in [0.15, 0.2) is 0 Å². The van der Waals surface area contributed by atoms with E-state index in [1.165, 1.54) is 25.0 Å². The van der Waals surface area contributed by atoms with Crippen molar-refractivity contribution in [3.8, 4) is 5.75 Å². The lowest BCUT2D eigenvalue weighted by Gasteiger charge is -2.22. The van der Waals surface area contributed by atoms with Gasteiger partial charge in [0, 0.05) is 12.5 Å². The molecule has 0 saturated carbocycles. The molecule has 21 heavy (non-hydrogen) atoms. The van der Waals surface area contributed by atoms with Crippen LogP contribution >= 0.6 is 0 Å². The molecule has 1 aromatic carbocycles. The van der Waals surface area contributed by atoms with Gasteiger partial charge in [-0.3, -0.25) is 4.79 Å². The van der Waals surface area contributed by atoms with Crippen molar-refractivity contribution in [2.45, 2.75) is 32.6 Å². The third kappa shape index (κ3) is 5.01. The zero-order valence-corrected chi connectivity index (χ0v) is 12.5. The molecule has 0 spiro atoms. The van der Waals surface area contributed by atoms with Crippen LogP contribution in [0.25, 0.3) is 0 Å². The standard InChI is InChI=1S/C16H23FN2O2/c1-2-21-15-10-13(17)6-7-14(15)19-16(20)8-5-12-4-3-9-18-11-12/h6-7,10,12,18H,2-5,8-9,11H2,1H3,(H,19,20). The van der Waals surface area contributed by atoms with Crippen LogP contribution in [0.4, 0.5) is 10.1 Å². The van der Waals surface area contributed by atoms with Gasteiger partial charge in [-0.15, -0.1) is 0 Å². The zero-order valence-electron chi connectivity index (χ0n) is 12.5. The highest BCUT2D eigenvalue weighted by atomic mass is 19.1. The van der Waals surface area contributed by atoms with Crippen LogP contribution in [0.5, 0.6) is 5.75 Å². The summed E-state index contributed by atoms with van der Waals surface area (Å²) in [5.41, 5.74) is 0.532. The number of piperidine rings is 1. The highest BCUT2D eigenvalue weighted by Crippen LogP contribution is 2.26. The number of hydrogen-bond donors (Lipinski definition) is 2. The summed E-state index contributed by atoms with van der Waals surface area (Å²) in [5, 5.41) is 6.16. The van der Waals surface area contributed by atoms with Gasteiger partial charge in [-0.25, -0.2) is 4.39 Å². The highest BCUT2D eigenvalue weighted by molar-refractivity contribution is 5.92. The van der Waals surface area contributed by atoms with E-state index in [4.69, 9.17) is 4.74 Å². The minimum atomic E-state index is -0.371. The number of carbonyl (C=O) groups is 1. The molecule has 1 fully saturated rings. The second kappa shape index (κ2) is 7.98. The lowest BCUT2D eigenvalue weighted by atomic mass is 9.94. The first-order valence-electron chi connectivity index (χ1n) is 7.62. The second-order valence-corrected chi connectivity index (χ2v) is 5.37. The highest BCUT2D eigenvalue weighted by Gasteiger charge is 2.15. The van der Waals surface area contributed by atoms with Crippen LogP contribution in [-0.4, -0.2) is 25.6 Å². The van der Waals surface area contributed by atoms with Gasteiger partial charge in [0.25, 0.3) is 0 Å². The van der Waals surface area contributed by atoms with Crippen molar-refractivity contribution in [2.75, 3.05) is 25.0 Å². The van der Waals surface area contributed by atoms with Gasteiger partial charge in [-0.2, -0.15) is 0 Å². The average molecular weight is 294 g/mol. The monoisotopic (exact) mass is 294 g/mol. The summed E-state index contributed by atoms with van der Waals surface area (Å²) in [6.45, 7) is 4.33. The molecular weight excluding hydrogens is 271 g/mol. The molecule has 5 heteroatoms. The van der Waals surface area contributed by atoms with E-state index in [1.54, 1.807) is 6.07 Å². The largest absolute Gasteiger partial charge is 0.492 e. The van der Waals surface area contributed by atoms with Crippen molar-refractivity contribution in [1.82, 2.24) is 5.32 Å². The fourth-order valence-corrected chi connectivity index (χ4v) is 2.59. The first-order chi connectivity index (χ1) is 10.2. The predicted molar refractivity (Wildman–Crippen MR) is 81.0 cm³/mol. The second-order valence-electron chi connectivity index (χ2n) is 5.37. The smallest absolute Gasteiger partial charge is 0.224 e. The van der Waals surface area contributed by atoms with Gasteiger partial charge in [0.1, 0.15) is 11.6 Å². The maximum Gasteiger partial charge on any atom is 0.224 e. The first-order valence-corrected chi connectivity index (χ1v) is 7.62. The Kier molecular flexibility index (Phi) is 5.99. The Morgan fingerprint density at radius 3 is 3.10 bits per heavy atom. The molecule has 1 amide bonds. The molecule has 1 aromatic rings. The van der Waals surface area contributed by atoms with Crippen molar-refractivity contribution >= 4 is 11.6 Å². The Labute approximate surface area is 125 Å². The normalized spacial score (nSPS) is 18.3. The third-order valence-electron chi connectivity index (χ3n) is 3.70. The van der Waals surface area contributed by atoms with Gasteiger partial charge in [-0.1, -0.05) is 0 Å². The molecule has 0 aromatic heterocycles. The third-order valence-corrected chi connectivity index (χ3v) is 3.70. The maximum absolute atomic E-state index is 13.2. The zero-order chi connectivity index (χ0) is 15.1. The van der Waals surface area contributed by atoms with Gasteiger partial charge >= 0.3 is 0 Å². The van der Waals surface area contributed by atoms with E-state index in [2.05, 4.69) is 10.6 Å². The Balaban J connectivity index is 1.86. The maximum atomic E-state index is 13.2. The summed E-state index contributed by atoms with van der Waals surface area (Å²) in [6.07, 6.45) is 3.72. The van der Waals surface area contributed by atoms with Crippen molar-refractivity contribution in [3.63, 3.8) is 0 Å². The fraction of sp³-hybridized carbons (Fsp3) is 0.562. The number of hydrogen-bond acceptors (Lipinski definition) is 3. The van der Waals surface area contributed by atoms with Crippen LogP contribution < -0.4 is 15.4 Å². The summed E-state index contributed by atoms with van der Waals surface area (Å²) in [7, 11) is 0. The van der Waals surface area contributed by atoms with Gasteiger partial charge in [-0.05, 0) is 57.3 Å². The van der Waals surface area contributed by atoms with E-state index in [1.807, 2.05) is 6.92 Å². The van der Waals surface area contributed by atoms with Crippen LogP contribution in [0.1, 0.15) is 32.6 Å². The van der Waals surface area contributed by atoms with E-state index in [-0.39, 0.29) is 11.7 Å². The number of nitrogens with one attached hydrogen (secondary N) is 2. The average Bonchev–Trinajstić information content (AvgIpc) is 2.49. The van der Waals surface area contributed by atoms with Crippen LogP contribution in [0.2, 0.25) is 0 Å². The van der Waals surface area contributed by atoms with Crippen molar-refractivity contribution in [2.24, 2.45) is 5.92 Å². The number of carbonyl (C=O) groups excluding carboxylic acids is 1. The SMILES string of the molecule is CCOc1cc(F)ccc1NC(=O)CCC1CCCNC1. The molecule has 1 aliphatic rings. The predicted octanol–water partition coefficient (Wildman–Crippen LogP) is 2.94. The van der Waals surface area contributed by atoms with Crippen LogP contribution in [0, 0.1) is 11.7 Å². The number of benzene rings is 1. The van der Waals surface area contributed by atoms with E-state index < -0.39 is 0 Å². The van der Waals surface area contributed by atoms with Crippen LogP contribution in [0.15, 0.2) is 18.2 Å². The summed E-state index contributed by atoms with van der Waals surface area (Å²) in [5.74, 6) is 0.534. The Morgan fingerprint density at radius 1 is 1.52 bits per heavy atom. The summed E-state index contributed by atoms with van der Waals surface area (Å²) in [6, 6.07) is 4.16. The molecule has 1 aliphatic heterocycles. The molecule has 0 aliphatic carbocycles. The van der Waals surface area contributed by atoms with Crippen molar-refractivity contribution in [3.05, 3.63) is 24.0 Å². The molecule has 1 atom stereocenters. The Hall–Kier alpha value is -1.62. The van der Waals surface area contributed by atoms with E-state index in [9.17, 15) is 9.18 Å². The topological polar surface area (TPSA) is 50.4 Å². The van der Waals surface area contributed by atoms with Gasteiger partial charge in [0.05, 0.1) is 12.3 Å². The molecule has 1 unspecified atom stereocenters. The number of anilines is 1. The molecule has 0 radical (unpaired) electrons. The molecule has 2 rings (SSSR count). The molecular formula is C16H23FN2O2. The number of rotatable bonds is 6. The van der Waals surface area contributed by atoms with Crippen molar-refractivity contribution < 1.29 is 13.9 Å². The lowest BCUT2D eigenvalue weighted by Crippen LogP contribution is -2.30. The van der Waals surface area contributed by atoms with Gasteiger partial charge < -0.3 is 15.4 Å². The van der Waals surface area contributed by atoms with E-state index in [0.29, 0.717) is 30.4 Å². The number of ether oxygens (including phenoxy) is 1. The van der Waals surface area contributed by atoms with E-state index >= 15 is 0 Å². The molecule has 4 nitrogen and oxygen atoms in total. The lowest BCUT2D eigenvalue weighted by molar-refractivity contribution is -0.116. The number of amides is 1. The van der Waals surface area contributed by atoms with E-state index in [0.717, 1.165) is 19.5 Å². The quantitative estimate of drug-likeness (QED) is 0.848. The summed E-state index contributed by atoms with van der Waals surface area (Å²) >= 11 is 0. The number of halogens is 1. The molecule has 1 heterocycles. The minimum absolute atomic E-state index is 0.0480. The Morgan fingerprint density at radius 2 is 2.38 bits per heavy atom. The summed E-state index contributed by atoms with van der Waals surface area (Å²) < 4.78 is 18.5. The fourth-order valence-electron chi connectivity index (χ4n) is 2.59. The molecule has 1 saturated heterocycles. The van der Waals surface area contributed by atoms with Crippen LogP contribution in [0.3, 0.4) is 0 Å². The first kappa shape index (κ1) is 15.8. The minimum Gasteiger partial charge on any atom is -0.492 e. The van der Waals surface area contributed by atoms with Gasteiger partial charge in [0.2, 0.25) is 5.91 Å². The molecule has 2 N–H and O–H groups in total. The molecule has 0 bridgehead atoms. The molecule has 116 valence electrons. The van der Waals surface area contributed by atoms with Crippen LogP contribution in [-0.2, 0) is 4.79 Å². The Bertz CT molecular complexity index is 473.